The van der Waals surface area contributed by atoms with Crippen molar-refractivity contribution in [1.29, 1.82) is 0 Å². The molecule has 2 aromatic rings. The van der Waals surface area contributed by atoms with Gasteiger partial charge in [-0.1, -0.05) is 0 Å². The highest BCUT2D eigenvalue weighted by Crippen LogP contribution is 1.83. The van der Waals surface area contributed by atoms with Crippen LogP contribution < -0.4 is 0 Å². The second-order valence-corrected chi connectivity index (χ2v) is 2.98. The van der Waals surface area contributed by atoms with Crippen molar-refractivity contribution in [3.8, 4) is 0 Å². The van der Waals surface area contributed by atoms with Crippen LogP contribution in [0.4, 0.5) is 0 Å². The highest BCUT2D eigenvalue weighted by Gasteiger charge is 1.90. The summed E-state index contributed by atoms with van der Waals surface area (Å²) in [6.45, 7) is 2.98. The van der Waals surface area contributed by atoms with E-state index in [9.17, 15) is 9.59 Å². The number of hydrogen-bond donors (Lipinski definition) is 0. The Balaban J connectivity index is 0.000000160. The normalized spacial score (nSPS) is 9.12. The highest BCUT2D eigenvalue weighted by molar-refractivity contribution is 5.75. The molecule has 0 aliphatic carbocycles. The zero-order valence-electron chi connectivity index (χ0n) is 9.07. The van der Waals surface area contributed by atoms with Gasteiger partial charge in [-0.3, -0.25) is 18.7 Å². The van der Waals surface area contributed by atoms with Crippen LogP contribution in [0.3, 0.4) is 0 Å². The van der Waals surface area contributed by atoms with Crippen molar-refractivity contribution in [2.45, 2.75) is 13.8 Å². The van der Waals surface area contributed by atoms with Crippen LogP contribution in [0.25, 0.3) is 0 Å². The van der Waals surface area contributed by atoms with Gasteiger partial charge in [0.1, 0.15) is 12.7 Å². The maximum atomic E-state index is 10.4. The van der Waals surface area contributed by atoms with Crippen LogP contribution in [0.2, 0.25) is 0 Å². The number of nitrogens with zero attached hydrogens (tertiary/aromatic N) is 4. The van der Waals surface area contributed by atoms with Crippen LogP contribution in [-0.2, 0) is 0 Å². The molecule has 0 aromatic carbocycles. The number of rotatable bonds is 0. The molecule has 6 nitrogen and oxygen atoms in total. The Labute approximate surface area is 92.6 Å². The minimum atomic E-state index is -0.0116. The Morgan fingerprint density at radius 2 is 1.25 bits per heavy atom. The lowest BCUT2D eigenvalue weighted by Crippen LogP contribution is -2.00. The molecule has 16 heavy (non-hydrogen) atoms. The molecule has 84 valence electrons. The second kappa shape index (κ2) is 5.59. The molecule has 0 saturated carbocycles. The summed E-state index contributed by atoms with van der Waals surface area (Å²) in [6.07, 6.45) is 9.32. The molecule has 2 heterocycles. The SMILES string of the molecule is CC(=O)n1ccnc1.CC(=O)n1ccnc1. The van der Waals surface area contributed by atoms with Gasteiger partial charge in [-0.05, 0) is 0 Å². The van der Waals surface area contributed by atoms with E-state index in [2.05, 4.69) is 9.97 Å². The van der Waals surface area contributed by atoms with Gasteiger partial charge in [0.05, 0.1) is 0 Å². The molecule has 0 unspecified atom stereocenters. The van der Waals surface area contributed by atoms with Crippen molar-refractivity contribution in [3.63, 3.8) is 0 Å². The maximum absolute atomic E-state index is 10.4. The summed E-state index contributed by atoms with van der Waals surface area (Å²) in [7, 11) is 0. The van der Waals surface area contributed by atoms with Crippen LogP contribution in [0, 0.1) is 0 Å². The third-order valence-corrected chi connectivity index (χ3v) is 1.74. The molecule has 0 amide bonds. The number of aromatic nitrogens is 4. The molecule has 2 aromatic heterocycles. The Hall–Kier alpha value is -2.24. The van der Waals surface area contributed by atoms with Crippen molar-refractivity contribution in [1.82, 2.24) is 19.1 Å². The van der Waals surface area contributed by atoms with Crippen LogP contribution in [0.15, 0.2) is 37.4 Å². The third-order valence-electron chi connectivity index (χ3n) is 1.74. The first-order valence-electron chi connectivity index (χ1n) is 4.59. The zero-order valence-corrected chi connectivity index (χ0v) is 9.07. The van der Waals surface area contributed by atoms with Crippen molar-refractivity contribution in [2.75, 3.05) is 0 Å². The van der Waals surface area contributed by atoms with Crippen molar-refractivity contribution < 1.29 is 9.59 Å². The number of hydrogen-bond acceptors (Lipinski definition) is 4. The fourth-order valence-corrected chi connectivity index (χ4v) is 0.891. The molecule has 6 heteroatoms. The van der Waals surface area contributed by atoms with Crippen molar-refractivity contribution in [2.24, 2.45) is 0 Å². The fraction of sp³-hybridized carbons (Fsp3) is 0.200. The van der Waals surface area contributed by atoms with Gasteiger partial charge in [0.25, 0.3) is 0 Å². The number of carbonyl (C=O) groups is 2. The number of carbonyl (C=O) groups excluding carboxylic acids is 2. The molecule has 0 fully saturated rings. The quantitative estimate of drug-likeness (QED) is 0.666. The maximum Gasteiger partial charge on any atom is 0.228 e. The summed E-state index contributed by atoms with van der Waals surface area (Å²) in [5, 5.41) is 0. The fourth-order valence-electron chi connectivity index (χ4n) is 0.891. The summed E-state index contributed by atoms with van der Waals surface area (Å²) >= 11 is 0. The Bertz CT molecular complexity index is 401. The molecule has 0 N–H and O–H groups in total. The van der Waals surface area contributed by atoms with Gasteiger partial charge in [-0.15, -0.1) is 0 Å². The monoisotopic (exact) mass is 220 g/mol. The summed E-state index contributed by atoms with van der Waals surface area (Å²) in [5.74, 6) is -0.0231. The van der Waals surface area contributed by atoms with E-state index in [4.69, 9.17) is 0 Å². The van der Waals surface area contributed by atoms with Crippen molar-refractivity contribution in [3.05, 3.63) is 37.4 Å². The first kappa shape index (κ1) is 11.8. The summed E-state index contributed by atoms with van der Waals surface area (Å²) in [4.78, 5) is 28.2. The van der Waals surface area contributed by atoms with Gasteiger partial charge < -0.3 is 0 Å². The zero-order chi connectivity index (χ0) is 12.0. The molecule has 0 radical (unpaired) electrons. The molecule has 0 aliphatic rings. The molecular formula is C10H12N4O2. The predicted octanol–water partition coefficient (Wildman–Crippen LogP) is 1.09. The lowest BCUT2D eigenvalue weighted by molar-refractivity contribution is 0.0927. The van der Waals surface area contributed by atoms with Gasteiger partial charge in [0, 0.05) is 38.6 Å². The summed E-state index contributed by atoms with van der Waals surface area (Å²) in [6, 6.07) is 0. The molecule has 2 rings (SSSR count). The largest absolute Gasteiger partial charge is 0.277 e. The number of imidazole rings is 2. The van der Waals surface area contributed by atoms with Gasteiger partial charge in [0.15, 0.2) is 0 Å². The third kappa shape index (κ3) is 3.49. The molecule has 0 saturated heterocycles. The molecule has 0 spiro atoms. The molecule has 0 atom stereocenters. The summed E-state index contributed by atoms with van der Waals surface area (Å²) in [5.41, 5.74) is 0. The van der Waals surface area contributed by atoms with E-state index >= 15 is 0 Å². The van der Waals surface area contributed by atoms with Gasteiger partial charge >= 0.3 is 0 Å². The lowest BCUT2D eigenvalue weighted by atomic mass is 10.7. The average Bonchev–Trinajstić information content (AvgIpc) is 2.93. The van der Waals surface area contributed by atoms with Gasteiger partial charge in [-0.25, -0.2) is 9.97 Å². The van der Waals surface area contributed by atoms with E-state index in [1.54, 1.807) is 24.8 Å². The minimum absolute atomic E-state index is 0.0116. The first-order valence-corrected chi connectivity index (χ1v) is 4.59. The van der Waals surface area contributed by atoms with E-state index in [1.807, 2.05) is 0 Å². The van der Waals surface area contributed by atoms with E-state index in [0.717, 1.165) is 0 Å². The lowest BCUT2D eigenvalue weighted by Gasteiger charge is -1.87. The van der Waals surface area contributed by atoms with Gasteiger partial charge in [0.2, 0.25) is 11.8 Å². The van der Waals surface area contributed by atoms with Crippen LogP contribution in [0.5, 0.6) is 0 Å². The minimum Gasteiger partial charge on any atom is -0.277 e. The van der Waals surface area contributed by atoms with E-state index in [1.165, 1.54) is 35.6 Å². The Morgan fingerprint density at radius 1 is 0.875 bits per heavy atom. The molecule has 0 aliphatic heterocycles. The summed E-state index contributed by atoms with van der Waals surface area (Å²) < 4.78 is 2.83. The van der Waals surface area contributed by atoms with Crippen molar-refractivity contribution >= 4 is 11.8 Å². The standard InChI is InChI=1S/2C5H6N2O/c2*1-5(8)7-3-2-6-4-7/h2*2-4H,1H3. The van der Waals surface area contributed by atoms with Crippen LogP contribution in [-0.4, -0.2) is 30.9 Å². The topological polar surface area (TPSA) is 69.8 Å². The van der Waals surface area contributed by atoms with Crippen LogP contribution >= 0.6 is 0 Å². The Morgan fingerprint density at radius 3 is 1.38 bits per heavy atom. The first-order chi connectivity index (χ1) is 7.61. The highest BCUT2D eigenvalue weighted by atomic mass is 16.2. The Kier molecular flexibility index (Phi) is 4.14. The van der Waals surface area contributed by atoms with Crippen LogP contribution in [0.1, 0.15) is 23.4 Å². The van der Waals surface area contributed by atoms with E-state index in [0.29, 0.717) is 0 Å². The second-order valence-electron chi connectivity index (χ2n) is 2.98. The molecule has 0 bridgehead atoms. The average molecular weight is 220 g/mol. The van der Waals surface area contributed by atoms with E-state index in [-0.39, 0.29) is 11.8 Å². The van der Waals surface area contributed by atoms with E-state index < -0.39 is 0 Å². The smallest absolute Gasteiger partial charge is 0.228 e. The predicted molar refractivity (Wildman–Crippen MR) is 57.1 cm³/mol. The van der Waals surface area contributed by atoms with Gasteiger partial charge in [-0.2, -0.15) is 0 Å². The molecular weight excluding hydrogens is 208 g/mol.